The Bertz CT molecular complexity index is 1340. The average molecular weight is 566 g/mol. The minimum absolute atomic E-state index is 0.0251. The van der Waals surface area contributed by atoms with Crippen molar-refractivity contribution in [3.63, 3.8) is 0 Å². The van der Waals surface area contributed by atoms with Crippen LogP contribution < -0.4 is 21.7 Å². The highest BCUT2D eigenvalue weighted by molar-refractivity contribution is 5.95. The monoisotopic (exact) mass is 565 g/mol. The molecule has 1 unspecified atom stereocenters. The number of urea groups is 1. The number of nitrogens with zero attached hydrogens (tertiary/aromatic N) is 3. The maximum atomic E-state index is 13.7. The first-order chi connectivity index (χ1) is 19.6. The highest BCUT2D eigenvalue weighted by Crippen LogP contribution is 2.51. The molecule has 13 nitrogen and oxygen atoms in total. The Morgan fingerprint density at radius 2 is 1.80 bits per heavy atom. The molecule has 2 aromatic carbocycles. The molecule has 0 saturated heterocycles. The van der Waals surface area contributed by atoms with Crippen molar-refractivity contribution >= 4 is 23.7 Å². The number of rotatable bonds is 10. The summed E-state index contributed by atoms with van der Waals surface area (Å²) >= 11 is 0. The van der Waals surface area contributed by atoms with Crippen molar-refractivity contribution in [2.24, 2.45) is 5.73 Å². The van der Waals surface area contributed by atoms with Gasteiger partial charge in [-0.15, -0.1) is 0 Å². The van der Waals surface area contributed by atoms with Crippen molar-refractivity contribution in [1.82, 2.24) is 25.8 Å². The summed E-state index contributed by atoms with van der Waals surface area (Å²) in [7, 11) is 3.85. The first-order valence-electron chi connectivity index (χ1n) is 13.3. The SMILES string of the molecule is CCOC(=O)NC(NC(=O)c1cccc([N+](=O)[O-])c1)C1=C(N)C2(CC2)N(C(=O)N[C@H](CN(C)C)c2ccccc2)C1. The summed E-state index contributed by atoms with van der Waals surface area (Å²) in [4.78, 5) is 53.5. The van der Waals surface area contributed by atoms with Crippen molar-refractivity contribution in [3.05, 3.63) is 87.1 Å². The van der Waals surface area contributed by atoms with Gasteiger partial charge in [-0.25, -0.2) is 9.59 Å². The van der Waals surface area contributed by atoms with Crippen LogP contribution in [0.15, 0.2) is 65.9 Å². The first-order valence-corrected chi connectivity index (χ1v) is 13.3. The van der Waals surface area contributed by atoms with Gasteiger partial charge in [-0.2, -0.15) is 0 Å². The molecule has 1 aliphatic carbocycles. The number of likely N-dealkylation sites (N-methyl/N-ethyl adjacent to an activating group) is 1. The van der Waals surface area contributed by atoms with Gasteiger partial charge in [-0.3, -0.25) is 20.2 Å². The summed E-state index contributed by atoms with van der Waals surface area (Å²) in [6.07, 6.45) is -0.655. The lowest BCUT2D eigenvalue weighted by Crippen LogP contribution is -2.51. The van der Waals surface area contributed by atoms with Crippen LogP contribution >= 0.6 is 0 Å². The van der Waals surface area contributed by atoms with E-state index >= 15 is 0 Å². The number of nitrogens with two attached hydrogens (primary N) is 1. The lowest BCUT2D eigenvalue weighted by atomic mass is 10.1. The summed E-state index contributed by atoms with van der Waals surface area (Å²) in [5.41, 5.74) is 7.43. The van der Waals surface area contributed by atoms with Gasteiger partial charge in [0.05, 0.1) is 29.7 Å². The highest BCUT2D eigenvalue weighted by atomic mass is 16.6. The molecular formula is C28H35N7O6. The number of carbonyl (C=O) groups is 3. The van der Waals surface area contributed by atoms with E-state index in [1.54, 1.807) is 11.8 Å². The fraction of sp³-hybridized carbons (Fsp3) is 0.393. The molecule has 1 spiro atoms. The number of nitro groups is 1. The third-order valence-electron chi connectivity index (χ3n) is 7.19. The van der Waals surface area contributed by atoms with E-state index in [0.29, 0.717) is 30.7 Å². The normalized spacial score (nSPS) is 16.7. The number of non-ortho nitro benzene ring substituents is 1. The Balaban J connectivity index is 1.58. The predicted molar refractivity (Wildman–Crippen MR) is 151 cm³/mol. The standard InChI is InChI=1S/C28H35N7O6/c1-4-41-27(38)32-24(31-25(36)19-11-8-12-20(15-19)35(39)40)21-16-34(28(13-14-28)23(21)29)26(37)30-22(17-33(2)3)18-9-6-5-7-10-18/h5-12,15,22,24H,4,13-14,16-17,29H2,1-3H3,(H,30,37)(H,31,36)(H,32,38)/t22-,24?/m1/s1. The third kappa shape index (κ3) is 6.57. The summed E-state index contributed by atoms with van der Waals surface area (Å²) in [6.45, 7) is 2.35. The van der Waals surface area contributed by atoms with Crippen LogP contribution in [0.25, 0.3) is 0 Å². The van der Waals surface area contributed by atoms with Crippen LogP contribution in [0.2, 0.25) is 0 Å². The number of alkyl carbamates (subject to hydrolysis) is 1. The van der Waals surface area contributed by atoms with E-state index in [0.717, 1.165) is 11.6 Å². The van der Waals surface area contributed by atoms with Gasteiger partial charge < -0.3 is 30.9 Å². The number of hydrogen-bond acceptors (Lipinski definition) is 8. The quantitative estimate of drug-likeness (QED) is 0.193. The largest absolute Gasteiger partial charge is 0.450 e. The molecule has 1 heterocycles. The van der Waals surface area contributed by atoms with Crippen LogP contribution in [-0.4, -0.2) is 78.3 Å². The molecule has 1 aliphatic heterocycles. The number of carbonyl (C=O) groups excluding carboxylic acids is 3. The third-order valence-corrected chi connectivity index (χ3v) is 7.19. The van der Waals surface area contributed by atoms with Crippen LogP contribution in [-0.2, 0) is 4.74 Å². The van der Waals surface area contributed by atoms with Crippen molar-refractivity contribution < 1.29 is 24.0 Å². The number of nitro benzene ring substituents is 1. The Labute approximate surface area is 237 Å². The van der Waals surface area contributed by atoms with Gasteiger partial charge in [0.2, 0.25) is 0 Å². The molecule has 2 atom stereocenters. The minimum Gasteiger partial charge on any atom is -0.450 e. The summed E-state index contributed by atoms with van der Waals surface area (Å²) in [6, 6.07) is 14.3. The summed E-state index contributed by atoms with van der Waals surface area (Å²) < 4.78 is 5.03. The molecule has 2 aromatic rings. The molecule has 2 aliphatic rings. The van der Waals surface area contributed by atoms with Crippen molar-refractivity contribution in [2.45, 2.75) is 37.5 Å². The summed E-state index contributed by atoms with van der Waals surface area (Å²) in [5, 5.41) is 19.6. The highest BCUT2D eigenvalue weighted by Gasteiger charge is 2.58. The maximum absolute atomic E-state index is 13.7. The topological polar surface area (TPSA) is 172 Å². The van der Waals surface area contributed by atoms with Gasteiger partial charge >= 0.3 is 12.1 Å². The lowest BCUT2D eigenvalue weighted by molar-refractivity contribution is -0.384. The van der Waals surface area contributed by atoms with Crippen molar-refractivity contribution in [1.29, 1.82) is 0 Å². The van der Waals surface area contributed by atoms with Gasteiger partial charge in [-0.05, 0) is 45.5 Å². The molecule has 5 N–H and O–H groups in total. The van der Waals surface area contributed by atoms with E-state index in [4.69, 9.17) is 10.5 Å². The van der Waals surface area contributed by atoms with Crippen LogP contribution in [0.5, 0.6) is 0 Å². The fourth-order valence-electron chi connectivity index (χ4n) is 5.01. The van der Waals surface area contributed by atoms with Gasteiger partial charge in [0.15, 0.2) is 0 Å². The zero-order valence-corrected chi connectivity index (χ0v) is 23.3. The van der Waals surface area contributed by atoms with Crippen LogP contribution in [0, 0.1) is 10.1 Å². The van der Waals surface area contributed by atoms with Crippen LogP contribution in [0.4, 0.5) is 15.3 Å². The predicted octanol–water partition coefficient (Wildman–Crippen LogP) is 2.47. The fourth-order valence-corrected chi connectivity index (χ4v) is 5.01. The Hall–Kier alpha value is -4.65. The minimum atomic E-state index is -1.12. The number of nitrogens with one attached hydrogen (secondary N) is 3. The lowest BCUT2D eigenvalue weighted by Gasteiger charge is -2.30. The van der Waals surface area contributed by atoms with Gasteiger partial charge in [0.25, 0.3) is 11.6 Å². The van der Waals surface area contributed by atoms with E-state index in [2.05, 4.69) is 16.0 Å². The Morgan fingerprint density at radius 3 is 2.41 bits per heavy atom. The first kappa shape index (κ1) is 29.3. The van der Waals surface area contributed by atoms with Crippen molar-refractivity contribution in [3.8, 4) is 0 Å². The second-order valence-corrected chi connectivity index (χ2v) is 10.3. The molecule has 0 aromatic heterocycles. The molecule has 1 fully saturated rings. The van der Waals surface area contributed by atoms with E-state index in [9.17, 15) is 24.5 Å². The zero-order chi connectivity index (χ0) is 29.7. The summed E-state index contributed by atoms with van der Waals surface area (Å²) in [5.74, 6) is -0.668. The molecular weight excluding hydrogens is 530 g/mol. The number of ether oxygens (including phenoxy) is 1. The molecule has 0 bridgehead atoms. The number of benzene rings is 2. The van der Waals surface area contributed by atoms with E-state index in [-0.39, 0.29) is 36.5 Å². The van der Waals surface area contributed by atoms with E-state index < -0.39 is 28.6 Å². The average Bonchev–Trinajstić information content (AvgIpc) is 3.69. The zero-order valence-electron chi connectivity index (χ0n) is 23.3. The molecule has 41 heavy (non-hydrogen) atoms. The van der Waals surface area contributed by atoms with Gasteiger partial charge in [0.1, 0.15) is 6.17 Å². The smallest absolute Gasteiger partial charge is 0.409 e. The number of hydrogen-bond donors (Lipinski definition) is 4. The van der Waals surface area contributed by atoms with Gasteiger partial charge in [-0.1, -0.05) is 36.4 Å². The second kappa shape index (κ2) is 12.3. The van der Waals surface area contributed by atoms with Crippen LogP contribution in [0.3, 0.4) is 0 Å². The maximum Gasteiger partial charge on any atom is 0.409 e. The van der Waals surface area contributed by atoms with Crippen molar-refractivity contribution in [2.75, 3.05) is 33.8 Å². The van der Waals surface area contributed by atoms with Crippen LogP contribution in [0.1, 0.15) is 41.7 Å². The molecule has 0 radical (unpaired) electrons. The molecule has 1 saturated carbocycles. The number of amides is 4. The van der Waals surface area contributed by atoms with Gasteiger partial charge in [0, 0.05) is 35.5 Å². The second-order valence-electron chi connectivity index (χ2n) is 10.3. The molecule has 4 amide bonds. The van der Waals surface area contributed by atoms with E-state index in [1.807, 2.05) is 49.3 Å². The Morgan fingerprint density at radius 1 is 1.10 bits per heavy atom. The molecule has 13 heteroatoms. The van der Waals surface area contributed by atoms with E-state index in [1.165, 1.54) is 18.2 Å². The Kier molecular flexibility index (Phi) is 8.77. The molecule has 4 rings (SSSR count). The molecule has 218 valence electrons.